The monoisotopic (exact) mass is 502 g/mol. The molecule has 1 saturated heterocycles. The van der Waals surface area contributed by atoms with Gasteiger partial charge in [-0.05, 0) is 68.3 Å². The van der Waals surface area contributed by atoms with Crippen LogP contribution in [-0.2, 0) is 0 Å². The number of hydrogen-bond donors (Lipinski definition) is 1. The van der Waals surface area contributed by atoms with Crippen LogP contribution in [0.1, 0.15) is 38.7 Å². The SMILES string of the molecule is CCN(CC)CC.Cl.Cl.Fc1ccc(C2CCNCC2COc2ccc3c(c2)OCO3)cc1. The van der Waals surface area contributed by atoms with E-state index in [1.807, 2.05) is 30.3 Å². The molecule has 2 aliphatic rings. The molecule has 2 unspecified atom stereocenters. The second kappa shape index (κ2) is 15.2. The van der Waals surface area contributed by atoms with Crippen molar-refractivity contribution in [3.63, 3.8) is 0 Å². The molecule has 2 atom stereocenters. The third kappa shape index (κ3) is 8.53. The maximum absolute atomic E-state index is 13.2. The molecule has 2 aliphatic heterocycles. The Bertz CT molecular complexity index is 801. The lowest BCUT2D eigenvalue weighted by Gasteiger charge is -2.32. The normalized spacial score (nSPS) is 18.5. The van der Waals surface area contributed by atoms with E-state index in [2.05, 4.69) is 31.0 Å². The second-order valence-electron chi connectivity index (χ2n) is 7.86. The summed E-state index contributed by atoms with van der Waals surface area (Å²) in [5.74, 6) is 2.79. The van der Waals surface area contributed by atoms with E-state index >= 15 is 0 Å². The second-order valence-corrected chi connectivity index (χ2v) is 7.86. The lowest BCUT2D eigenvalue weighted by Crippen LogP contribution is -2.38. The molecule has 0 aromatic heterocycles. The van der Waals surface area contributed by atoms with Crippen molar-refractivity contribution in [2.75, 3.05) is 46.1 Å². The van der Waals surface area contributed by atoms with Gasteiger partial charge in [0.15, 0.2) is 11.5 Å². The van der Waals surface area contributed by atoms with Gasteiger partial charge < -0.3 is 24.4 Å². The van der Waals surface area contributed by atoms with Gasteiger partial charge in [0.05, 0.1) is 6.61 Å². The number of halogens is 3. The van der Waals surface area contributed by atoms with E-state index in [-0.39, 0.29) is 37.4 Å². The first kappa shape index (κ1) is 29.3. The topological polar surface area (TPSA) is 43.0 Å². The molecule has 0 bridgehead atoms. The van der Waals surface area contributed by atoms with Gasteiger partial charge in [-0.2, -0.15) is 0 Å². The van der Waals surface area contributed by atoms with Gasteiger partial charge in [0.1, 0.15) is 11.6 Å². The molecule has 0 saturated carbocycles. The Morgan fingerprint density at radius 2 is 1.64 bits per heavy atom. The molecule has 2 aromatic rings. The predicted molar refractivity (Wildman–Crippen MR) is 136 cm³/mol. The lowest BCUT2D eigenvalue weighted by molar-refractivity contribution is 0.173. The van der Waals surface area contributed by atoms with Gasteiger partial charge in [-0.15, -0.1) is 24.8 Å². The molecular formula is C25H37Cl2FN2O3. The molecule has 0 spiro atoms. The van der Waals surface area contributed by atoms with E-state index in [1.165, 1.54) is 37.3 Å². The molecule has 33 heavy (non-hydrogen) atoms. The van der Waals surface area contributed by atoms with Crippen molar-refractivity contribution in [2.24, 2.45) is 5.92 Å². The molecule has 1 N–H and O–H groups in total. The Morgan fingerprint density at radius 3 is 2.27 bits per heavy atom. The Hall–Kier alpha value is -1.73. The smallest absolute Gasteiger partial charge is 0.231 e. The van der Waals surface area contributed by atoms with Crippen LogP contribution in [0.2, 0.25) is 0 Å². The van der Waals surface area contributed by atoms with E-state index in [0.29, 0.717) is 18.4 Å². The standard InChI is InChI=1S/C19H20FNO3.C6H15N.2ClH/c20-15-3-1-13(2-4-15)17-7-8-21-10-14(17)11-22-16-5-6-18-19(9-16)24-12-23-18;1-4-7(5-2)6-3;;/h1-6,9,14,17,21H,7-8,10-12H2;4-6H2,1-3H3;2*1H. The summed E-state index contributed by atoms with van der Waals surface area (Å²) in [6, 6.07) is 12.5. The summed E-state index contributed by atoms with van der Waals surface area (Å²) in [6.07, 6.45) is 1.03. The van der Waals surface area contributed by atoms with Crippen LogP contribution in [0.3, 0.4) is 0 Å². The summed E-state index contributed by atoms with van der Waals surface area (Å²) >= 11 is 0. The summed E-state index contributed by atoms with van der Waals surface area (Å²) in [4.78, 5) is 2.38. The van der Waals surface area contributed by atoms with Crippen LogP contribution in [-0.4, -0.2) is 51.0 Å². The third-order valence-corrected chi connectivity index (χ3v) is 6.06. The van der Waals surface area contributed by atoms with Gasteiger partial charge in [0.25, 0.3) is 0 Å². The van der Waals surface area contributed by atoms with Gasteiger partial charge in [0.2, 0.25) is 6.79 Å². The minimum absolute atomic E-state index is 0. The molecule has 186 valence electrons. The molecule has 5 nitrogen and oxygen atoms in total. The minimum Gasteiger partial charge on any atom is -0.493 e. The molecular weight excluding hydrogens is 466 g/mol. The van der Waals surface area contributed by atoms with Crippen LogP contribution >= 0.6 is 24.8 Å². The Morgan fingerprint density at radius 1 is 0.970 bits per heavy atom. The predicted octanol–water partition coefficient (Wildman–Crippen LogP) is 5.52. The van der Waals surface area contributed by atoms with E-state index in [0.717, 1.165) is 36.8 Å². The van der Waals surface area contributed by atoms with E-state index in [1.54, 1.807) is 0 Å². The number of fused-ring (bicyclic) bond motifs is 1. The molecule has 0 amide bonds. The van der Waals surface area contributed by atoms with Crippen molar-refractivity contribution in [1.82, 2.24) is 10.2 Å². The van der Waals surface area contributed by atoms with Crippen LogP contribution in [0.25, 0.3) is 0 Å². The fraction of sp³-hybridized carbons (Fsp3) is 0.520. The van der Waals surface area contributed by atoms with Crippen molar-refractivity contribution in [3.8, 4) is 17.2 Å². The Labute approximate surface area is 209 Å². The quantitative estimate of drug-likeness (QED) is 0.539. The number of piperidine rings is 1. The number of nitrogens with one attached hydrogen (secondary N) is 1. The van der Waals surface area contributed by atoms with Crippen molar-refractivity contribution in [1.29, 1.82) is 0 Å². The molecule has 1 fully saturated rings. The number of hydrogen-bond acceptors (Lipinski definition) is 5. The molecule has 2 heterocycles. The highest BCUT2D eigenvalue weighted by Gasteiger charge is 2.27. The fourth-order valence-corrected chi connectivity index (χ4v) is 4.09. The van der Waals surface area contributed by atoms with Gasteiger partial charge in [-0.25, -0.2) is 4.39 Å². The summed E-state index contributed by atoms with van der Waals surface area (Å²) in [7, 11) is 0. The van der Waals surface area contributed by atoms with Crippen LogP contribution < -0.4 is 19.5 Å². The molecule has 4 rings (SSSR count). The first-order chi connectivity index (χ1) is 15.1. The number of nitrogens with zero attached hydrogens (tertiary/aromatic N) is 1. The van der Waals surface area contributed by atoms with Crippen LogP contribution in [0.5, 0.6) is 17.2 Å². The van der Waals surface area contributed by atoms with Crippen LogP contribution in [0.15, 0.2) is 42.5 Å². The number of ether oxygens (including phenoxy) is 3. The highest BCUT2D eigenvalue weighted by molar-refractivity contribution is 5.85. The van der Waals surface area contributed by atoms with Gasteiger partial charge in [-0.1, -0.05) is 32.9 Å². The fourth-order valence-electron chi connectivity index (χ4n) is 4.09. The van der Waals surface area contributed by atoms with Gasteiger partial charge >= 0.3 is 0 Å². The minimum atomic E-state index is -0.194. The van der Waals surface area contributed by atoms with Gasteiger partial charge in [0, 0.05) is 18.5 Å². The van der Waals surface area contributed by atoms with E-state index in [9.17, 15) is 4.39 Å². The van der Waals surface area contributed by atoms with Crippen LogP contribution in [0, 0.1) is 11.7 Å². The first-order valence-electron chi connectivity index (χ1n) is 11.4. The zero-order valence-electron chi connectivity index (χ0n) is 19.7. The average Bonchev–Trinajstić information content (AvgIpc) is 3.28. The molecule has 0 radical (unpaired) electrons. The van der Waals surface area contributed by atoms with Crippen molar-refractivity contribution in [2.45, 2.75) is 33.1 Å². The highest BCUT2D eigenvalue weighted by Crippen LogP contribution is 2.36. The molecule has 0 aliphatic carbocycles. The maximum atomic E-state index is 13.2. The summed E-state index contributed by atoms with van der Waals surface area (Å²) in [5.41, 5.74) is 1.18. The first-order valence-corrected chi connectivity index (χ1v) is 11.4. The zero-order valence-corrected chi connectivity index (χ0v) is 21.4. The van der Waals surface area contributed by atoms with Gasteiger partial charge in [-0.3, -0.25) is 0 Å². The van der Waals surface area contributed by atoms with Crippen LogP contribution in [0.4, 0.5) is 4.39 Å². The highest BCUT2D eigenvalue weighted by atomic mass is 35.5. The Kier molecular flexibility index (Phi) is 13.5. The van der Waals surface area contributed by atoms with E-state index in [4.69, 9.17) is 14.2 Å². The maximum Gasteiger partial charge on any atom is 0.231 e. The molecule has 2 aromatic carbocycles. The van der Waals surface area contributed by atoms with E-state index < -0.39 is 0 Å². The largest absolute Gasteiger partial charge is 0.493 e. The van der Waals surface area contributed by atoms with Crippen molar-refractivity contribution in [3.05, 3.63) is 53.8 Å². The summed E-state index contributed by atoms with van der Waals surface area (Å²) < 4.78 is 29.9. The average molecular weight is 503 g/mol. The summed E-state index contributed by atoms with van der Waals surface area (Å²) in [5, 5.41) is 3.43. The Balaban J connectivity index is 0.000000533. The summed E-state index contributed by atoms with van der Waals surface area (Å²) in [6.45, 7) is 12.9. The zero-order chi connectivity index (χ0) is 22.1. The number of benzene rings is 2. The van der Waals surface area contributed by atoms with Crippen molar-refractivity contribution < 1.29 is 18.6 Å². The van der Waals surface area contributed by atoms with Crippen molar-refractivity contribution >= 4 is 24.8 Å². The number of rotatable bonds is 7. The lowest BCUT2D eigenvalue weighted by atomic mass is 9.81. The third-order valence-electron chi connectivity index (χ3n) is 6.06. The molecule has 8 heteroatoms.